The Morgan fingerprint density at radius 2 is 2.22 bits per heavy atom. The Hall–Kier alpha value is -1.51. The summed E-state index contributed by atoms with van der Waals surface area (Å²) in [5.74, 6) is 0.125. The molecule has 96 valence electrons. The molecule has 0 atom stereocenters. The molecule has 1 aromatic carbocycles. The summed E-state index contributed by atoms with van der Waals surface area (Å²) in [5.41, 5.74) is 3.54. The molecule has 0 spiro atoms. The van der Waals surface area contributed by atoms with Crippen LogP contribution in [0, 0.1) is 5.92 Å². The standard InChI is InChI=1S/C15H19NO2/c17-15(18)9-12-5-2-6-14-13(12)7-8-16(14)10-11-3-1-4-11/h2,5-6,11H,1,3-4,7-10H2,(H,17,18). The van der Waals surface area contributed by atoms with Gasteiger partial charge in [-0.2, -0.15) is 0 Å². The average molecular weight is 245 g/mol. The van der Waals surface area contributed by atoms with Crippen LogP contribution in [0.5, 0.6) is 0 Å². The van der Waals surface area contributed by atoms with Crippen molar-refractivity contribution in [1.82, 2.24) is 0 Å². The van der Waals surface area contributed by atoms with E-state index in [4.69, 9.17) is 5.11 Å². The highest BCUT2D eigenvalue weighted by molar-refractivity contribution is 5.73. The zero-order chi connectivity index (χ0) is 12.5. The van der Waals surface area contributed by atoms with Crippen molar-refractivity contribution in [2.75, 3.05) is 18.0 Å². The van der Waals surface area contributed by atoms with Crippen molar-refractivity contribution < 1.29 is 9.90 Å². The molecular formula is C15H19NO2. The molecule has 0 radical (unpaired) electrons. The van der Waals surface area contributed by atoms with Crippen LogP contribution in [0.15, 0.2) is 18.2 Å². The van der Waals surface area contributed by atoms with Gasteiger partial charge in [0.15, 0.2) is 0 Å². The second-order valence-electron chi connectivity index (χ2n) is 5.48. The Labute approximate surface area is 107 Å². The predicted octanol–water partition coefficient (Wildman–Crippen LogP) is 2.48. The molecule has 1 heterocycles. The number of nitrogens with zero attached hydrogens (tertiary/aromatic N) is 1. The summed E-state index contributed by atoms with van der Waals surface area (Å²) in [6.07, 6.45) is 5.26. The van der Waals surface area contributed by atoms with Crippen LogP contribution in [-0.2, 0) is 17.6 Å². The normalized spacial score (nSPS) is 18.6. The average Bonchev–Trinajstić information content (AvgIpc) is 2.67. The highest BCUT2D eigenvalue weighted by Gasteiger charge is 2.26. The van der Waals surface area contributed by atoms with Crippen molar-refractivity contribution in [3.63, 3.8) is 0 Å². The fourth-order valence-corrected chi connectivity index (χ4v) is 3.08. The number of rotatable bonds is 4. The largest absolute Gasteiger partial charge is 0.481 e. The van der Waals surface area contributed by atoms with E-state index in [1.165, 1.54) is 30.5 Å². The lowest BCUT2D eigenvalue weighted by Crippen LogP contribution is -2.31. The Morgan fingerprint density at radius 1 is 1.39 bits per heavy atom. The van der Waals surface area contributed by atoms with E-state index in [1.54, 1.807) is 0 Å². The molecule has 0 amide bonds. The Morgan fingerprint density at radius 3 is 2.89 bits per heavy atom. The summed E-state index contributed by atoms with van der Waals surface area (Å²) in [4.78, 5) is 13.3. The molecule has 1 N–H and O–H groups in total. The number of aliphatic carboxylic acids is 1. The highest BCUT2D eigenvalue weighted by atomic mass is 16.4. The number of hydrogen-bond donors (Lipinski definition) is 1. The van der Waals surface area contributed by atoms with Gasteiger partial charge in [-0.05, 0) is 42.4 Å². The first-order valence-electron chi connectivity index (χ1n) is 6.81. The van der Waals surface area contributed by atoms with Crippen LogP contribution in [0.4, 0.5) is 5.69 Å². The Kier molecular flexibility index (Phi) is 2.98. The van der Waals surface area contributed by atoms with Crippen LogP contribution < -0.4 is 4.90 Å². The van der Waals surface area contributed by atoms with Gasteiger partial charge < -0.3 is 10.0 Å². The van der Waals surface area contributed by atoms with Crippen LogP contribution in [0.25, 0.3) is 0 Å². The molecular weight excluding hydrogens is 226 g/mol. The zero-order valence-corrected chi connectivity index (χ0v) is 10.6. The van der Waals surface area contributed by atoms with Crippen molar-refractivity contribution in [2.45, 2.75) is 32.1 Å². The van der Waals surface area contributed by atoms with Crippen molar-refractivity contribution in [2.24, 2.45) is 5.92 Å². The Balaban J connectivity index is 1.80. The lowest BCUT2D eigenvalue weighted by Gasteiger charge is -2.31. The summed E-state index contributed by atoms with van der Waals surface area (Å²) in [6.45, 7) is 2.21. The van der Waals surface area contributed by atoms with Gasteiger partial charge in [-0.15, -0.1) is 0 Å². The lowest BCUT2D eigenvalue weighted by atomic mass is 9.85. The molecule has 0 aromatic heterocycles. The number of benzene rings is 1. The molecule has 1 aliphatic heterocycles. The summed E-state index contributed by atoms with van der Waals surface area (Å²) in [6, 6.07) is 6.10. The molecule has 1 aliphatic carbocycles. The molecule has 1 fully saturated rings. The number of hydrogen-bond acceptors (Lipinski definition) is 2. The van der Waals surface area contributed by atoms with Gasteiger partial charge in [-0.3, -0.25) is 4.79 Å². The predicted molar refractivity (Wildman–Crippen MR) is 71.0 cm³/mol. The van der Waals surface area contributed by atoms with E-state index in [9.17, 15) is 4.79 Å². The molecule has 3 rings (SSSR count). The van der Waals surface area contributed by atoms with Crippen LogP contribution in [-0.4, -0.2) is 24.2 Å². The summed E-state index contributed by atoms with van der Waals surface area (Å²) >= 11 is 0. The smallest absolute Gasteiger partial charge is 0.307 e. The number of carboxylic acid groups (broad SMARTS) is 1. The van der Waals surface area contributed by atoms with Crippen LogP contribution >= 0.6 is 0 Å². The topological polar surface area (TPSA) is 40.5 Å². The van der Waals surface area contributed by atoms with E-state index in [0.717, 1.165) is 31.0 Å². The number of carbonyl (C=O) groups is 1. The third-order valence-corrected chi connectivity index (χ3v) is 4.27. The summed E-state index contributed by atoms with van der Waals surface area (Å²) in [7, 11) is 0. The van der Waals surface area contributed by atoms with Gasteiger partial charge >= 0.3 is 5.97 Å². The maximum atomic E-state index is 10.9. The fourth-order valence-electron chi connectivity index (χ4n) is 3.08. The van der Waals surface area contributed by atoms with Gasteiger partial charge in [0.2, 0.25) is 0 Å². The van der Waals surface area contributed by atoms with Gasteiger partial charge in [0.1, 0.15) is 0 Å². The third kappa shape index (κ3) is 2.09. The van der Waals surface area contributed by atoms with Crippen molar-refractivity contribution >= 4 is 11.7 Å². The maximum Gasteiger partial charge on any atom is 0.307 e. The molecule has 3 heteroatoms. The van der Waals surface area contributed by atoms with Gasteiger partial charge in [0, 0.05) is 18.8 Å². The minimum absolute atomic E-state index is 0.153. The zero-order valence-electron chi connectivity index (χ0n) is 10.6. The molecule has 0 unspecified atom stereocenters. The van der Waals surface area contributed by atoms with Gasteiger partial charge in [0.05, 0.1) is 6.42 Å². The van der Waals surface area contributed by atoms with Crippen LogP contribution in [0.1, 0.15) is 30.4 Å². The molecule has 18 heavy (non-hydrogen) atoms. The summed E-state index contributed by atoms with van der Waals surface area (Å²) in [5, 5.41) is 8.94. The first-order chi connectivity index (χ1) is 8.74. The maximum absolute atomic E-state index is 10.9. The quantitative estimate of drug-likeness (QED) is 0.886. The van der Waals surface area contributed by atoms with E-state index in [-0.39, 0.29) is 6.42 Å². The van der Waals surface area contributed by atoms with E-state index < -0.39 is 5.97 Å². The van der Waals surface area contributed by atoms with E-state index in [1.807, 2.05) is 12.1 Å². The molecule has 3 nitrogen and oxygen atoms in total. The minimum Gasteiger partial charge on any atom is -0.481 e. The molecule has 0 bridgehead atoms. The van der Waals surface area contributed by atoms with Crippen molar-refractivity contribution in [3.05, 3.63) is 29.3 Å². The molecule has 2 aliphatic rings. The SMILES string of the molecule is O=C(O)Cc1cccc2c1CCN2CC1CCC1. The lowest BCUT2D eigenvalue weighted by molar-refractivity contribution is -0.136. The van der Waals surface area contributed by atoms with Crippen LogP contribution in [0.2, 0.25) is 0 Å². The molecule has 1 saturated carbocycles. The van der Waals surface area contributed by atoms with E-state index in [0.29, 0.717) is 0 Å². The molecule has 1 aromatic rings. The molecule has 0 saturated heterocycles. The number of carboxylic acids is 1. The second kappa shape index (κ2) is 4.63. The van der Waals surface area contributed by atoms with E-state index >= 15 is 0 Å². The Bertz CT molecular complexity index is 466. The number of fused-ring (bicyclic) bond motifs is 1. The third-order valence-electron chi connectivity index (χ3n) is 4.27. The van der Waals surface area contributed by atoms with E-state index in [2.05, 4.69) is 11.0 Å². The van der Waals surface area contributed by atoms with Gasteiger partial charge in [0.25, 0.3) is 0 Å². The van der Waals surface area contributed by atoms with Crippen molar-refractivity contribution in [3.8, 4) is 0 Å². The van der Waals surface area contributed by atoms with Crippen LogP contribution in [0.3, 0.4) is 0 Å². The minimum atomic E-state index is -0.735. The first-order valence-corrected chi connectivity index (χ1v) is 6.81. The van der Waals surface area contributed by atoms with Gasteiger partial charge in [-0.1, -0.05) is 18.6 Å². The highest BCUT2D eigenvalue weighted by Crippen LogP contribution is 2.35. The summed E-state index contributed by atoms with van der Waals surface area (Å²) < 4.78 is 0. The second-order valence-corrected chi connectivity index (χ2v) is 5.48. The number of anilines is 1. The van der Waals surface area contributed by atoms with Gasteiger partial charge in [-0.25, -0.2) is 0 Å². The van der Waals surface area contributed by atoms with Crippen molar-refractivity contribution in [1.29, 1.82) is 0 Å². The first kappa shape index (κ1) is 11.6. The monoisotopic (exact) mass is 245 g/mol. The fraction of sp³-hybridized carbons (Fsp3) is 0.533.